The van der Waals surface area contributed by atoms with Crippen LogP contribution in [0.15, 0.2) is 97.1 Å². The molecule has 1 heterocycles. The molecule has 1 aliphatic rings. The highest BCUT2D eigenvalue weighted by atomic mass is 16.6. The molecule has 3 aromatic rings. The topological polar surface area (TPSA) is 78.4 Å². The Hall–Kier alpha value is -3.93. The van der Waals surface area contributed by atoms with Crippen LogP contribution in [0.1, 0.15) is 28.8 Å². The maximum absolute atomic E-state index is 12.3. The van der Waals surface area contributed by atoms with Crippen molar-refractivity contribution < 1.29 is 19.3 Å². The Morgan fingerprint density at radius 1 is 0.862 bits per heavy atom. The second-order valence-electron chi connectivity index (χ2n) is 6.68. The highest BCUT2D eigenvalue weighted by Crippen LogP contribution is 2.38. The molecular formula is C23H18N2O4. The normalized spacial score (nSPS) is 20.0. The molecule has 0 radical (unpaired) electrons. The van der Waals surface area contributed by atoms with Crippen molar-refractivity contribution in [2.45, 2.75) is 12.1 Å². The Kier molecular flexibility index (Phi) is 5.07. The fourth-order valence-electron chi connectivity index (χ4n) is 3.44. The van der Waals surface area contributed by atoms with Crippen molar-refractivity contribution in [1.29, 1.82) is 0 Å². The number of nitro benzene ring substituents is 1. The van der Waals surface area contributed by atoms with Crippen molar-refractivity contribution in [1.82, 2.24) is 0 Å². The molecule has 6 heteroatoms. The lowest BCUT2D eigenvalue weighted by Gasteiger charge is -2.35. The minimum Gasteiger partial charge on any atom is -0.594 e. The van der Waals surface area contributed by atoms with E-state index in [2.05, 4.69) is 0 Å². The number of benzene rings is 3. The van der Waals surface area contributed by atoms with E-state index in [9.17, 15) is 15.2 Å². The summed E-state index contributed by atoms with van der Waals surface area (Å²) in [7, 11) is 0. The summed E-state index contributed by atoms with van der Waals surface area (Å²) >= 11 is 0. The van der Waals surface area contributed by atoms with Crippen molar-refractivity contribution in [3.05, 3.63) is 124 Å². The van der Waals surface area contributed by atoms with Gasteiger partial charge in [-0.15, -0.1) is 0 Å². The first-order valence-corrected chi connectivity index (χ1v) is 9.14. The predicted octanol–water partition coefficient (Wildman–Crippen LogP) is 3.70. The number of hydrogen-bond donors (Lipinski definition) is 0. The summed E-state index contributed by atoms with van der Waals surface area (Å²) in [6, 6.07) is 25.3. The lowest BCUT2D eigenvalue weighted by Crippen LogP contribution is -2.32. The summed E-state index contributed by atoms with van der Waals surface area (Å²) < 4.78 is 7.53. The molecule has 2 atom stereocenters. The third-order valence-electron chi connectivity index (χ3n) is 4.78. The summed E-state index contributed by atoms with van der Waals surface area (Å²) in [6.45, 7) is 0. The smallest absolute Gasteiger partial charge is 0.269 e. The van der Waals surface area contributed by atoms with Gasteiger partial charge < -0.3 is 9.84 Å². The van der Waals surface area contributed by atoms with E-state index in [0.717, 1.165) is 16.7 Å². The second kappa shape index (κ2) is 7.98. The zero-order chi connectivity index (χ0) is 20.2. The lowest BCUT2D eigenvalue weighted by atomic mass is 9.94. The molecule has 0 bridgehead atoms. The van der Waals surface area contributed by atoms with Crippen molar-refractivity contribution in [2.75, 3.05) is 0 Å². The minimum atomic E-state index is -0.495. The zero-order valence-corrected chi connectivity index (χ0v) is 15.4. The van der Waals surface area contributed by atoms with Crippen LogP contribution in [0.4, 0.5) is 5.69 Å². The van der Waals surface area contributed by atoms with Gasteiger partial charge in [-0.3, -0.25) is 10.1 Å². The van der Waals surface area contributed by atoms with E-state index in [4.69, 9.17) is 4.74 Å². The van der Waals surface area contributed by atoms with Gasteiger partial charge in [0.25, 0.3) is 5.69 Å². The summed E-state index contributed by atoms with van der Waals surface area (Å²) in [5.41, 5.74) is 2.65. The van der Waals surface area contributed by atoms with Gasteiger partial charge in [0.2, 0.25) is 0 Å². The maximum atomic E-state index is 12.3. The molecule has 0 saturated carbocycles. The van der Waals surface area contributed by atoms with Crippen LogP contribution in [0.2, 0.25) is 0 Å². The molecule has 0 aliphatic carbocycles. The Morgan fingerprint density at radius 3 is 2.03 bits per heavy atom. The van der Waals surface area contributed by atoms with Gasteiger partial charge in [-0.25, -0.2) is 0 Å². The van der Waals surface area contributed by atoms with E-state index in [1.807, 2.05) is 65.2 Å². The van der Waals surface area contributed by atoms with Crippen LogP contribution in [0, 0.1) is 10.1 Å². The number of nitrogens with zero attached hydrogens (tertiary/aromatic N) is 2. The molecule has 4 rings (SSSR count). The van der Waals surface area contributed by atoms with E-state index >= 15 is 0 Å². The van der Waals surface area contributed by atoms with Crippen LogP contribution >= 0.6 is 0 Å². The first-order valence-electron chi connectivity index (χ1n) is 9.14. The summed E-state index contributed by atoms with van der Waals surface area (Å²) in [5, 5.41) is 23.2. The van der Waals surface area contributed by atoms with E-state index in [1.54, 1.807) is 18.3 Å². The zero-order valence-electron chi connectivity index (χ0n) is 15.4. The fourth-order valence-corrected chi connectivity index (χ4v) is 3.44. The predicted molar refractivity (Wildman–Crippen MR) is 106 cm³/mol. The van der Waals surface area contributed by atoms with Gasteiger partial charge in [0.15, 0.2) is 18.5 Å². The molecule has 0 amide bonds. The molecule has 0 fully saturated rings. The van der Waals surface area contributed by atoms with Crippen LogP contribution in [-0.2, 0) is 4.74 Å². The van der Waals surface area contributed by atoms with Crippen molar-refractivity contribution in [2.24, 2.45) is 0 Å². The molecule has 3 aromatic carbocycles. The molecule has 0 unspecified atom stereocenters. The standard InChI is InChI=1S/C23H18N2O4/c26-21-16-24(15-17-11-13-20(14-12-17)25(27)28)22(18-7-3-1-4-8-18)23(29-21)19-9-5-2-6-10-19/h1-16,22-23H/t22-,23+/m0/s1. The number of non-ortho nitro benzene ring substituents is 1. The molecule has 6 nitrogen and oxygen atoms in total. The maximum Gasteiger partial charge on any atom is 0.269 e. The largest absolute Gasteiger partial charge is 0.594 e. The summed E-state index contributed by atoms with van der Waals surface area (Å²) in [6.07, 6.45) is 2.72. The quantitative estimate of drug-likeness (QED) is 0.389. The minimum absolute atomic E-state index is 0.0194. The van der Waals surface area contributed by atoms with Gasteiger partial charge in [0, 0.05) is 23.3 Å². The molecule has 1 aliphatic heterocycles. The Bertz CT molecular complexity index is 1060. The Labute approximate surface area is 167 Å². The van der Waals surface area contributed by atoms with Crippen molar-refractivity contribution >= 4 is 11.9 Å². The number of hydrogen-bond acceptors (Lipinski definition) is 4. The van der Waals surface area contributed by atoms with Gasteiger partial charge in [-0.2, -0.15) is 4.58 Å². The average Bonchev–Trinajstić information content (AvgIpc) is 2.75. The van der Waals surface area contributed by atoms with Crippen LogP contribution in [0.3, 0.4) is 0 Å². The summed E-state index contributed by atoms with van der Waals surface area (Å²) in [4.78, 5) is 10.5. The Morgan fingerprint density at radius 2 is 1.45 bits per heavy atom. The third kappa shape index (κ3) is 4.01. The third-order valence-corrected chi connectivity index (χ3v) is 4.78. The molecule has 0 N–H and O–H groups in total. The molecule has 29 heavy (non-hydrogen) atoms. The highest BCUT2D eigenvalue weighted by molar-refractivity contribution is 5.76. The first kappa shape index (κ1) is 18.4. The van der Waals surface area contributed by atoms with Gasteiger partial charge in [0.1, 0.15) is 5.95 Å². The highest BCUT2D eigenvalue weighted by Gasteiger charge is 2.34. The lowest BCUT2D eigenvalue weighted by molar-refractivity contribution is -0.553. The SMILES string of the molecule is O=[N+]([O-])c1ccc(C=[N+]2C=C([O-])O[C@H](c3ccccc3)[C@@H]2c2ccccc2)cc1. The van der Waals surface area contributed by atoms with E-state index in [1.165, 1.54) is 18.3 Å². The number of ether oxygens (including phenoxy) is 1. The molecule has 0 spiro atoms. The fraction of sp³-hybridized carbons (Fsp3) is 0.0870. The van der Waals surface area contributed by atoms with Crippen LogP contribution in [0.25, 0.3) is 0 Å². The number of nitro groups is 1. The average molecular weight is 386 g/mol. The van der Waals surface area contributed by atoms with Gasteiger partial charge in [0.05, 0.1) is 11.0 Å². The van der Waals surface area contributed by atoms with Gasteiger partial charge >= 0.3 is 0 Å². The first-order chi connectivity index (χ1) is 14.1. The molecule has 144 valence electrons. The second-order valence-corrected chi connectivity index (χ2v) is 6.68. The van der Waals surface area contributed by atoms with Crippen molar-refractivity contribution in [3.63, 3.8) is 0 Å². The van der Waals surface area contributed by atoms with Crippen LogP contribution in [0.5, 0.6) is 0 Å². The van der Waals surface area contributed by atoms with Crippen LogP contribution in [-0.4, -0.2) is 15.7 Å². The van der Waals surface area contributed by atoms with E-state index in [-0.39, 0.29) is 11.7 Å². The molecule has 0 saturated heterocycles. The van der Waals surface area contributed by atoms with Gasteiger partial charge in [-0.05, 0) is 17.7 Å². The Balaban J connectivity index is 1.81. The molecule has 0 aromatic heterocycles. The van der Waals surface area contributed by atoms with Gasteiger partial charge in [-0.1, -0.05) is 60.7 Å². The van der Waals surface area contributed by atoms with Crippen LogP contribution < -0.4 is 5.11 Å². The van der Waals surface area contributed by atoms with E-state index in [0.29, 0.717) is 0 Å². The monoisotopic (exact) mass is 386 g/mol. The molecular weight excluding hydrogens is 368 g/mol. The van der Waals surface area contributed by atoms with Crippen molar-refractivity contribution in [3.8, 4) is 0 Å². The summed E-state index contributed by atoms with van der Waals surface area (Å²) in [5.74, 6) is -0.441. The van der Waals surface area contributed by atoms with E-state index < -0.39 is 17.0 Å². The number of rotatable bonds is 4.